The Balaban J connectivity index is -0.0000000267. The fourth-order valence-corrected chi connectivity index (χ4v) is 0. The van der Waals surface area contributed by atoms with Crippen LogP contribution in [0.2, 0.25) is 0 Å². The number of halogens is 1. The van der Waals surface area contributed by atoms with Gasteiger partial charge in [0.15, 0.2) is 0 Å². The minimum atomic E-state index is -5.39. The van der Waals surface area contributed by atoms with Crippen LogP contribution in [0.4, 0.5) is 0 Å². The molecule has 0 heterocycles. The second-order valence-corrected chi connectivity index (χ2v) is 1.34. The molecule has 0 spiro atoms. The minimum Gasteiger partial charge on any atom is -1.00 e. The van der Waals surface area contributed by atoms with Crippen molar-refractivity contribution in [2.24, 2.45) is 0 Å². The van der Waals surface area contributed by atoms with Gasteiger partial charge in [-0.15, -0.1) is 0 Å². The predicted octanol–water partition coefficient (Wildman–Crippen LogP) is -8.44. The summed E-state index contributed by atoms with van der Waals surface area (Å²) >= 11 is 0. The summed E-state index contributed by atoms with van der Waals surface area (Å²) in [5.74, 6) is 0. The Labute approximate surface area is 95.5 Å². The Hall–Kier alpha value is 2.00. The fraction of sp³-hybridized carbons (Fsp3) is 0. The van der Waals surface area contributed by atoms with Gasteiger partial charge in [0.2, 0.25) is 0 Å². The van der Waals surface area contributed by atoms with E-state index in [0.717, 1.165) is 0 Å². The molecule has 0 saturated carbocycles. The molecule has 0 aliphatic heterocycles. The van der Waals surface area contributed by atoms with E-state index in [1.807, 2.05) is 0 Å². The van der Waals surface area contributed by atoms with Crippen LogP contribution in [0.25, 0.3) is 0 Å². The Morgan fingerprint density at radius 2 is 1.12 bits per heavy atom. The largest absolute Gasteiger partial charge is 1.00 e. The summed E-state index contributed by atoms with van der Waals surface area (Å²) in [4.78, 5) is 25.6. The number of phosphoric acid groups is 1. The molecule has 0 rings (SSSR count). The van der Waals surface area contributed by atoms with Crippen molar-refractivity contribution in [1.29, 1.82) is 0 Å². The van der Waals surface area contributed by atoms with Gasteiger partial charge in [0.1, 0.15) is 0 Å². The zero-order valence-corrected chi connectivity index (χ0v) is 9.23. The third-order valence-corrected chi connectivity index (χ3v) is 0. The summed E-state index contributed by atoms with van der Waals surface area (Å²) in [7, 11) is -5.39. The van der Waals surface area contributed by atoms with Crippen molar-refractivity contribution >= 4 is 7.82 Å². The van der Waals surface area contributed by atoms with Gasteiger partial charge in [0.25, 0.3) is 0 Å². The Morgan fingerprint density at radius 3 is 1.12 bits per heavy atom. The molecule has 0 atom stereocenters. The Bertz CT molecular complexity index is 62.2. The van der Waals surface area contributed by atoms with E-state index >= 15 is 0 Å². The molecule has 0 unspecified atom stereocenters. The molecular formula is H4ClKNO4P-2. The van der Waals surface area contributed by atoms with Crippen molar-refractivity contribution in [2.75, 3.05) is 0 Å². The molecule has 0 aromatic rings. The van der Waals surface area contributed by atoms with Gasteiger partial charge in [0.05, 0.1) is 0 Å². The minimum absolute atomic E-state index is 0. The van der Waals surface area contributed by atoms with Crippen molar-refractivity contribution in [1.82, 2.24) is 6.15 Å². The normalized spacial score (nSPS) is 7.38. The smallest absolute Gasteiger partial charge is 1.00 e. The van der Waals surface area contributed by atoms with E-state index in [1.165, 1.54) is 0 Å². The number of rotatable bonds is 0. The van der Waals surface area contributed by atoms with Crippen molar-refractivity contribution in [3.63, 3.8) is 0 Å². The van der Waals surface area contributed by atoms with Crippen LogP contribution in [0.5, 0.6) is 0 Å². The van der Waals surface area contributed by atoms with Crippen LogP contribution in [0.15, 0.2) is 0 Å². The SMILES string of the molecule is O=P([O-])([O-])[O-].[Cl-].[K+].[NH4+]. The van der Waals surface area contributed by atoms with E-state index in [2.05, 4.69) is 0 Å². The molecule has 5 nitrogen and oxygen atoms in total. The standard InChI is InChI=1S/ClH.K.H3N.H3O4P/c;;;1-5(2,3)4/h1H;;1H3;(H3,1,2,3,4)/q;+1;;/p-3. The Morgan fingerprint density at radius 1 is 1.12 bits per heavy atom. The third kappa shape index (κ3) is 98.2. The van der Waals surface area contributed by atoms with Gasteiger partial charge in [-0.2, -0.15) is 7.82 Å². The summed E-state index contributed by atoms with van der Waals surface area (Å²) in [6, 6.07) is 0. The molecule has 0 fully saturated rings. The zero-order chi connectivity index (χ0) is 4.50. The molecule has 0 aromatic heterocycles. The first-order valence-electron chi connectivity index (χ1n) is 0.730. The molecule has 0 saturated heterocycles. The first kappa shape index (κ1) is 22.5. The van der Waals surface area contributed by atoms with E-state index in [4.69, 9.17) is 19.2 Å². The van der Waals surface area contributed by atoms with Crippen molar-refractivity contribution in [3.8, 4) is 0 Å². The molecule has 0 aromatic carbocycles. The maximum absolute atomic E-state index is 8.55. The molecule has 0 radical (unpaired) electrons. The van der Waals surface area contributed by atoms with Crippen molar-refractivity contribution in [2.45, 2.75) is 0 Å². The quantitative estimate of drug-likeness (QED) is 0.299. The van der Waals surface area contributed by atoms with Gasteiger partial charge in [-0.3, -0.25) is 0 Å². The van der Waals surface area contributed by atoms with Gasteiger partial charge < -0.3 is 37.8 Å². The van der Waals surface area contributed by atoms with E-state index in [0.29, 0.717) is 0 Å². The second kappa shape index (κ2) is 9.00. The molecule has 0 aliphatic carbocycles. The first-order valence-corrected chi connectivity index (χ1v) is 2.19. The molecule has 48 valence electrons. The van der Waals surface area contributed by atoms with Gasteiger partial charge in [-0.1, -0.05) is 0 Å². The summed E-state index contributed by atoms with van der Waals surface area (Å²) < 4.78 is 8.55. The van der Waals surface area contributed by atoms with Crippen LogP contribution >= 0.6 is 7.82 Å². The molecule has 4 N–H and O–H groups in total. The van der Waals surface area contributed by atoms with E-state index in [-0.39, 0.29) is 69.9 Å². The van der Waals surface area contributed by atoms with E-state index < -0.39 is 7.82 Å². The average Bonchev–Trinajstić information content (AvgIpc) is 0.722. The molecule has 0 aliphatic rings. The van der Waals surface area contributed by atoms with Crippen LogP contribution in [0.1, 0.15) is 0 Å². The van der Waals surface area contributed by atoms with Crippen LogP contribution in [-0.4, -0.2) is 0 Å². The Kier molecular flexibility index (Phi) is 25.3. The van der Waals surface area contributed by atoms with Gasteiger partial charge >= 0.3 is 51.4 Å². The molecule has 8 heteroatoms. The fourth-order valence-electron chi connectivity index (χ4n) is 0. The summed E-state index contributed by atoms with van der Waals surface area (Å²) in [5, 5.41) is 0. The topological polar surface area (TPSA) is 123 Å². The van der Waals surface area contributed by atoms with E-state index in [9.17, 15) is 0 Å². The van der Waals surface area contributed by atoms with Gasteiger partial charge in [0, 0.05) is 0 Å². The monoisotopic (exact) mass is 187 g/mol. The van der Waals surface area contributed by atoms with Gasteiger partial charge in [-0.05, 0) is 0 Å². The molecular weight excluding hydrogens is 184 g/mol. The predicted molar refractivity (Wildman–Crippen MR) is 13.6 cm³/mol. The van der Waals surface area contributed by atoms with Crippen LogP contribution in [-0.2, 0) is 4.57 Å². The first-order chi connectivity index (χ1) is 2.00. The van der Waals surface area contributed by atoms with Crippen LogP contribution < -0.4 is 84.6 Å². The zero-order valence-electron chi connectivity index (χ0n) is 4.46. The van der Waals surface area contributed by atoms with Crippen LogP contribution in [0.3, 0.4) is 0 Å². The van der Waals surface area contributed by atoms with Crippen molar-refractivity contribution < 1.29 is 83.0 Å². The second-order valence-electron chi connectivity index (χ2n) is 0.447. The third-order valence-electron chi connectivity index (χ3n) is 0. The molecule has 0 amide bonds. The summed E-state index contributed by atoms with van der Waals surface area (Å²) in [5.41, 5.74) is 0. The molecule has 8 heavy (non-hydrogen) atoms. The maximum Gasteiger partial charge on any atom is 1.00 e. The van der Waals surface area contributed by atoms with Gasteiger partial charge in [-0.25, -0.2) is 0 Å². The summed E-state index contributed by atoms with van der Waals surface area (Å²) in [6.07, 6.45) is 0. The number of hydrogen-bond donors (Lipinski definition) is 1. The number of hydrogen-bond acceptors (Lipinski definition) is 4. The maximum atomic E-state index is 8.55. The average molecular weight is 188 g/mol. The molecule has 0 bridgehead atoms. The van der Waals surface area contributed by atoms with Crippen LogP contribution in [0, 0.1) is 0 Å². The van der Waals surface area contributed by atoms with E-state index in [1.54, 1.807) is 0 Å². The number of quaternary nitrogens is 1. The van der Waals surface area contributed by atoms with Crippen molar-refractivity contribution in [3.05, 3.63) is 0 Å². The summed E-state index contributed by atoms with van der Waals surface area (Å²) in [6.45, 7) is 0.